The maximum atomic E-state index is 12.1. The molecule has 2 atom stereocenters. The summed E-state index contributed by atoms with van der Waals surface area (Å²) in [5.41, 5.74) is 0.370. The average molecular weight is 436 g/mol. The third-order valence-corrected chi connectivity index (χ3v) is 7.04. The molecule has 1 heterocycles. The van der Waals surface area contributed by atoms with E-state index in [4.69, 9.17) is 15.8 Å². The lowest BCUT2D eigenvalue weighted by Gasteiger charge is -2.26. The second kappa shape index (κ2) is 6.13. The number of alkyl halides is 3. The highest BCUT2D eigenvalue weighted by molar-refractivity contribution is 9.24. The van der Waals surface area contributed by atoms with Crippen LogP contribution in [-0.2, 0) is 11.3 Å². The molecule has 1 aromatic carbocycles. The van der Waals surface area contributed by atoms with Gasteiger partial charge in [-0.15, -0.1) is 11.6 Å². The number of benzene rings is 1. The standard InChI is InChI=1S/C9H6Br2ClNO3S2/c10-7(11)8(12)17-13-9(14)5-3-1-2-4-6(5)16-18(13)15/h1-4,7-8H. The minimum Gasteiger partial charge on any atom is -0.383 e. The first kappa shape index (κ1) is 14.6. The molecule has 2 rings (SSSR count). The summed E-state index contributed by atoms with van der Waals surface area (Å²) in [5, 5.41) is 0. The molecule has 0 bridgehead atoms. The van der Waals surface area contributed by atoms with Gasteiger partial charge in [0.05, 0.1) is 9.30 Å². The van der Waals surface area contributed by atoms with Crippen LogP contribution in [0, 0.1) is 0 Å². The molecule has 1 aromatic rings. The third-order valence-electron chi connectivity index (χ3n) is 1.97. The zero-order chi connectivity index (χ0) is 13.3. The van der Waals surface area contributed by atoms with Gasteiger partial charge in [-0.25, -0.2) is 0 Å². The van der Waals surface area contributed by atoms with E-state index in [1.54, 1.807) is 24.3 Å². The highest BCUT2D eigenvalue weighted by Gasteiger charge is 2.35. The van der Waals surface area contributed by atoms with Crippen LogP contribution in [0.2, 0.25) is 0 Å². The lowest BCUT2D eigenvalue weighted by atomic mass is 10.2. The first-order valence-corrected chi connectivity index (χ1v) is 8.77. The van der Waals surface area contributed by atoms with Gasteiger partial charge in [0.15, 0.2) is 5.75 Å². The van der Waals surface area contributed by atoms with E-state index in [-0.39, 0.29) is 9.64 Å². The molecule has 0 radical (unpaired) electrons. The van der Waals surface area contributed by atoms with Gasteiger partial charge in [-0.05, 0) is 24.1 Å². The molecule has 1 aliphatic heterocycles. The van der Waals surface area contributed by atoms with Crippen molar-refractivity contribution >= 4 is 72.6 Å². The number of nitrogens with zero attached hydrogens (tertiary/aromatic N) is 1. The van der Waals surface area contributed by atoms with Gasteiger partial charge >= 0.3 is 11.3 Å². The van der Waals surface area contributed by atoms with Crippen LogP contribution in [0.5, 0.6) is 5.75 Å². The van der Waals surface area contributed by atoms with Gasteiger partial charge in [-0.2, -0.15) is 7.92 Å². The molecule has 0 spiro atoms. The summed E-state index contributed by atoms with van der Waals surface area (Å²) in [4.78, 5) is 12.1. The molecule has 9 heteroatoms. The minimum absolute atomic E-state index is 0.223. The van der Waals surface area contributed by atoms with Gasteiger partial charge in [0, 0.05) is 0 Å². The Hall–Kier alpha value is 0.240. The van der Waals surface area contributed by atoms with Crippen LogP contribution in [0.4, 0.5) is 0 Å². The Morgan fingerprint density at radius 1 is 1.39 bits per heavy atom. The predicted octanol–water partition coefficient (Wildman–Crippen LogP) is 3.43. The number of halogens is 3. The van der Waals surface area contributed by atoms with E-state index in [0.29, 0.717) is 11.3 Å². The number of hydrogen-bond donors (Lipinski definition) is 0. The third kappa shape index (κ3) is 3.04. The molecule has 4 nitrogen and oxygen atoms in total. The Kier molecular flexibility index (Phi) is 4.99. The van der Waals surface area contributed by atoms with Gasteiger partial charge in [-0.1, -0.05) is 44.0 Å². The highest BCUT2D eigenvalue weighted by atomic mass is 79.9. The lowest BCUT2D eigenvalue weighted by molar-refractivity contribution is 0.0917. The molecule has 0 aromatic heterocycles. The number of amides is 1. The molecule has 0 N–H and O–H groups in total. The second-order valence-electron chi connectivity index (χ2n) is 3.15. The fraction of sp³-hybridized carbons (Fsp3) is 0.222. The second-order valence-corrected chi connectivity index (χ2v) is 9.36. The monoisotopic (exact) mass is 433 g/mol. The largest absolute Gasteiger partial charge is 0.383 e. The summed E-state index contributed by atoms with van der Waals surface area (Å²) in [7, 11) is 0. The molecule has 0 aliphatic carbocycles. The fourth-order valence-electron chi connectivity index (χ4n) is 1.21. The van der Waals surface area contributed by atoms with Crippen LogP contribution < -0.4 is 4.18 Å². The summed E-state index contributed by atoms with van der Waals surface area (Å²) in [5.74, 6) is -0.0653. The van der Waals surface area contributed by atoms with Gasteiger partial charge in [0.25, 0.3) is 5.91 Å². The number of para-hydroxylation sites is 1. The number of carbonyl (C=O) groups is 1. The maximum Gasteiger partial charge on any atom is 0.332 e. The summed E-state index contributed by atoms with van der Waals surface area (Å²) in [6.07, 6.45) is 0. The van der Waals surface area contributed by atoms with Gasteiger partial charge in [0.2, 0.25) is 0 Å². The first-order valence-electron chi connectivity index (χ1n) is 4.63. The molecule has 0 saturated carbocycles. The number of carbonyl (C=O) groups excluding carboxylic acids is 1. The molecular formula is C9H6Br2ClNO3S2. The number of hydrogen-bond acceptors (Lipinski definition) is 4. The van der Waals surface area contributed by atoms with Crippen molar-refractivity contribution in [3.05, 3.63) is 29.8 Å². The van der Waals surface area contributed by atoms with E-state index in [0.717, 1.165) is 15.7 Å². The molecule has 1 amide bonds. The normalized spacial score (nSPS) is 20.6. The van der Waals surface area contributed by atoms with Crippen molar-refractivity contribution in [3.63, 3.8) is 0 Å². The van der Waals surface area contributed by atoms with E-state index < -0.39 is 16.0 Å². The molecule has 18 heavy (non-hydrogen) atoms. The van der Waals surface area contributed by atoms with Crippen LogP contribution in [0.15, 0.2) is 24.3 Å². The van der Waals surface area contributed by atoms with E-state index in [2.05, 4.69) is 31.9 Å². The molecule has 2 unspecified atom stereocenters. The lowest BCUT2D eigenvalue weighted by Crippen LogP contribution is -2.35. The van der Waals surface area contributed by atoms with E-state index >= 15 is 0 Å². The van der Waals surface area contributed by atoms with Crippen LogP contribution in [0.25, 0.3) is 0 Å². The van der Waals surface area contributed by atoms with E-state index in [9.17, 15) is 9.00 Å². The highest BCUT2D eigenvalue weighted by Crippen LogP contribution is 2.36. The van der Waals surface area contributed by atoms with Crippen LogP contribution in [-0.4, -0.2) is 22.3 Å². The molecule has 0 saturated heterocycles. The molecular weight excluding hydrogens is 429 g/mol. The van der Waals surface area contributed by atoms with Gasteiger partial charge in [0.1, 0.15) is 4.71 Å². The van der Waals surface area contributed by atoms with Crippen LogP contribution >= 0.6 is 55.4 Å². The summed E-state index contributed by atoms with van der Waals surface area (Å²) in [6.45, 7) is 0. The Balaban J connectivity index is 2.24. The maximum absolute atomic E-state index is 12.1. The SMILES string of the molecule is O=C1c2ccccc2OS(=O)N1SC(Cl)C(Br)Br. The minimum atomic E-state index is -1.89. The zero-order valence-corrected chi connectivity index (χ0v) is 14.1. The topological polar surface area (TPSA) is 46.6 Å². The quantitative estimate of drug-likeness (QED) is 0.539. The summed E-state index contributed by atoms with van der Waals surface area (Å²) < 4.78 is 17.3. The number of rotatable bonds is 3. The van der Waals surface area contributed by atoms with Crippen molar-refractivity contribution in [2.75, 3.05) is 0 Å². The van der Waals surface area contributed by atoms with Crippen molar-refractivity contribution in [1.29, 1.82) is 0 Å². The average Bonchev–Trinajstić information content (AvgIpc) is 2.34. The van der Waals surface area contributed by atoms with Crippen LogP contribution in [0.1, 0.15) is 10.4 Å². The summed E-state index contributed by atoms with van der Waals surface area (Å²) >= 11 is 11.5. The predicted molar refractivity (Wildman–Crippen MR) is 80.3 cm³/mol. The van der Waals surface area contributed by atoms with Crippen molar-refractivity contribution in [2.24, 2.45) is 0 Å². The van der Waals surface area contributed by atoms with Crippen molar-refractivity contribution in [3.8, 4) is 5.75 Å². The zero-order valence-electron chi connectivity index (χ0n) is 8.59. The Bertz CT molecular complexity index is 502. The smallest absolute Gasteiger partial charge is 0.332 e. The molecule has 98 valence electrons. The Labute approximate surface area is 133 Å². The molecule has 1 aliphatic rings. The van der Waals surface area contributed by atoms with Crippen molar-refractivity contribution in [1.82, 2.24) is 3.71 Å². The van der Waals surface area contributed by atoms with E-state index in [1.165, 1.54) is 0 Å². The number of fused-ring (bicyclic) bond motifs is 1. The fourth-order valence-corrected chi connectivity index (χ4v) is 3.89. The first-order chi connectivity index (χ1) is 8.50. The Morgan fingerprint density at radius 2 is 2.06 bits per heavy atom. The summed E-state index contributed by atoms with van der Waals surface area (Å²) in [6, 6.07) is 6.64. The van der Waals surface area contributed by atoms with Crippen molar-refractivity contribution < 1.29 is 13.2 Å². The molecule has 0 fully saturated rings. The van der Waals surface area contributed by atoms with E-state index in [1.807, 2.05) is 0 Å². The van der Waals surface area contributed by atoms with Gasteiger partial charge in [-0.3, -0.25) is 4.79 Å². The van der Waals surface area contributed by atoms with Crippen LogP contribution in [0.3, 0.4) is 0 Å². The van der Waals surface area contributed by atoms with Gasteiger partial charge < -0.3 is 4.18 Å². The Morgan fingerprint density at radius 3 is 2.72 bits per heavy atom. The van der Waals surface area contributed by atoms with Crippen molar-refractivity contribution in [2.45, 2.75) is 8.45 Å².